The van der Waals surface area contributed by atoms with Crippen LogP contribution >= 0.6 is 34.4 Å². The van der Waals surface area contributed by atoms with E-state index in [1.807, 2.05) is 48.5 Å². The van der Waals surface area contributed by atoms with Gasteiger partial charge in [-0.25, -0.2) is 4.98 Å². The van der Waals surface area contributed by atoms with Gasteiger partial charge in [-0.05, 0) is 24.3 Å². The van der Waals surface area contributed by atoms with Crippen LogP contribution in [0.1, 0.15) is 5.01 Å². The summed E-state index contributed by atoms with van der Waals surface area (Å²) in [5, 5.41) is 32.6. The summed E-state index contributed by atoms with van der Waals surface area (Å²) in [5.41, 5.74) is 1.83. The van der Waals surface area contributed by atoms with Crippen LogP contribution in [0.25, 0.3) is 15.8 Å². The van der Waals surface area contributed by atoms with Gasteiger partial charge in [0.15, 0.2) is 4.34 Å². The monoisotopic (exact) mass is 453 g/mol. The molecule has 0 bridgehead atoms. The Morgan fingerprint density at radius 3 is 2.87 bits per heavy atom. The van der Waals surface area contributed by atoms with Crippen LogP contribution in [0.5, 0.6) is 5.75 Å². The van der Waals surface area contributed by atoms with E-state index >= 15 is 0 Å². The third-order valence-electron chi connectivity index (χ3n) is 3.97. The minimum atomic E-state index is -0.0286. The summed E-state index contributed by atoms with van der Waals surface area (Å²) in [7, 11) is 1.61. The predicted molar refractivity (Wildman–Crippen MR) is 122 cm³/mol. The van der Waals surface area contributed by atoms with Crippen LogP contribution in [-0.2, 0) is 0 Å². The SMILES string of the molecule is COc1cccc(Nc2nnc(SC/C(O)=C(\C#N)c3nc4ccccc4s3)s2)c1. The number of thiazole rings is 1. The van der Waals surface area contributed by atoms with Gasteiger partial charge in [0, 0.05) is 11.8 Å². The highest BCUT2D eigenvalue weighted by atomic mass is 32.2. The Labute approximate surface area is 184 Å². The van der Waals surface area contributed by atoms with Crippen LogP contribution < -0.4 is 10.1 Å². The smallest absolute Gasteiger partial charge is 0.210 e. The zero-order valence-corrected chi connectivity index (χ0v) is 18.1. The van der Waals surface area contributed by atoms with Crippen LogP contribution in [0.4, 0.5) is 10.8 Å². The Hall–Kier alpha value is -3.13. The molecule has 0 fully saturated rings. The molecule has 0 radical (unpaired) electrons. The maximum Gasteiger partial charge on any atom is 0.210 e. The van der Waals surface area contributed by atoms with Crippen molar-refractivity contribution in [1.82, 2.24) is 15.2 Å². The van der Waals surface area contributed by atoms with Gasteiger partial charge in [0.1, 0.15) is 28.2 Å². The number of thioether (sulfide) groups is 1. The molecule has 4 aromatic rings. The fraction of sp³-hybridized carbons (Fsp3) is 0.100. The number of aromatic nitrogens is 3. The quantitative estimate of drug-likeness (QED) is 0.215. The largest absolute Gasteiger partial charge is 0.510 e. The van der Waals surface area contributed by atoms with Crippen molar-refractivity contribution in [2.45, 2.75) is 4.34 Å². The van der Waals surface area contributed by atoms with Gasteiger partial charge in [0.2, 0.25) is 5.13 Å². The second-order valence-electron chi connectivity index (χ2n) is 5.94. The normalized spacial score (nSPS) is 11.7. The van der Waals surface area contributed by atoms with Crippen LogP contribution in [0.3, 0.4) is 0 Å². The predicted octanol–water partition coefficient (Wildman–Crippen LogP) is 5.48. The van der Waals surface area contributed by atoms with Gasteiger partial charge < -0.3 is 15.2 Å². The van der Waals surface area contributed by atoms with Gasteiger partial charge in [0.05, 0.1) is 23.1 Å². The third-order valence-corrected chi connectivity index (χ3v) is 7.01. The molecule has 4 rings (SSSR count). The van der Waals surface area contributed by atoms with Gasteiger partial charge in [0.25, 0.3) is 0 Å². The first-order valence-corrected chi connectivity index (χ1v) is 11.3. The number of nitrogens with one attached hydrogen (secondary N) is 1. The number of methoxy groups -OCH3 is 1. The van der Waals surface area contributed by atoms with Crippen molar-refractivity contribution in [2.24, 2.45) is 0 Å². The molecule has 0 saturated carbocycles. The van der Waals surface area contributed by atoms with Crippen LogP contribution in [-0.4, -0.2) is 33.2 Å². The Morgan fingerprint density at radius 1 is 1.20 bits per heavy atom. The van der Waals surface area contributed by atoms with Gasteiger partial charge >= 0.3 is 0 Å². The highest BCUT2D eigenvalue weighted by Crippen LogP contribution is 2.32. The fourth-order valence-corrected chi connectivity index (χ4v) is 5.19. The van der Waals surface area contributed by atoms with Crippen LogP contribution in [0.2, 0.25) is 0 Å². The van der Waals surface area contributed by atoms with E-state index in [0.717, 1.165) is 21.7 Å². The summed E-state index contributed by atoms with van der Waals surface area (Å²) < 4.78 is 6.86. The molecule has 30 heavy (non-hydrogen) atoms. The number of rotatable bonds is 7. The number of hydrogen-bond acceptors (Lipinski definition) is 10. The van der Waals surface area contributed by atoms with Gasteiger partial charge in [-0.1, -0.05) is 41.3 Å². The van der Waals surface area contributed by atoms with Gasteiger partial charge in [-0.15, -0.1) is 21.5 Å². The van der Waals surface area contributed by atoms with Crippen molar-refractivity contribution in [3.8, 4) is 11.8 Å². The molecule has 0 unspecified atom stereocenters. The van der Waals surface area contributed by atoms with E-state index in [4.69, 9.17) is 4.74 Å². The summed E-state index contributed by atoms with van der Waals surface area (Å²) in [6.45, 7) is 0. The van der Waals surface area contributed by atoms with E-state index in [1.165, 1.54) is 34.4 Å². The molecule has 2 heterocycles. The molecule has 150 valence electrons. The lowest BCUT2D eigenvalue weighted by Gasteiger charge is -2.04. The third kappa shape index (κ3) is 4.54. The lowest BCUT2D eigenvalue weighted by Crippen LogP contribution is -1.92. The topological polar surface area (TPSA) is 104 Å². The second kappa shape index (κ2) is 9.13. The molecular weight excluding hydrogens is 438 g/mol. The first-order valence-electron chi connectivity index (χ1n) is 8.72. The maximum absolute atomic E-state index is 10.5. The number of anilines is 2. The Bertz CT molecular complexity index is 1230. The molecule has 0 spiro atoms. The number of allylic oxidation sites excluding steroid dienone is 1. The fourth-order valence-electron chi connectivity index (χ4n) is 2.56. The maximum atomic E-state index is 10.5. The number of hydrogen-bond donors (Lipinski definition) is 2. The summed E-state index contributed by atoms with van der Waals surface area (Å²) >= 11 is 4.05. The molecule has 7 nitrogen and oxygen atoms in total. The molecule has 0 aliphatic heterocycles. The molecule has 2 N–H and O–H groups in total. The molecule has 0 amide bonds. The number of fused-ring (bicyclic) bond motifs is 1. The average Bonchev–Trinajstić information content (AvgIpc) is 3.39. The lowest BCUT2D eigenvalue weighted by atomic mass is 10.2. The summed E-state index contributed by atoms with van der Waals surface area (Å²) in [5.74, 6) is 0.916. The standard InChI is InChI=1S/C20H15N5O2S3/c1-27-13-6-4-5-12(9-13)22-19-24-25-20(30-19)28-11-16(26)14(10-21)18-23-15-7-2-3-8-17(15)29-18/h2-9,26H,11H2,1H3,(H,22,24)/b16-14-. The number of aliphatic hydroxyl groups is 1. The van der Waals surface area contributed by atoms with Crippen molar-refractivity contribution in [2.75, 3.05) is 18.2 Å². The number of ether oxygens (including phenoxy) is 1. The number of para-hydroxylation sites is 1. The van der Waals surface area contributed by atoms with E-state index in [9.17, 15) is 10.4 Å². The van der Waals surface area contributed by atoms with Crippen LogP contribution in [0, 0.1) is 11.3 Å². The Kier molecular flexibility index (Phi) is 6.13. The van der Waals surface area contributed by atoms with Crippen molar-refractivity contribution in [3.63, 3.8) is 0 Å². The van der Waals surface area contributed by atoms with Crippen molar-refractivity contribution < 1.29 is 9.84 Å². The zero-order valence-electron chi connectivity index (χ0n) is 15.7. The van der Waals surface area contributed by atoms with E-state index < -0.39 is 0 Å². The number of aliphatic hydroxyl groups excluding tert-OH is 1. The molecular formula is C20H15N5O2S3. The molecule has 0 saturated heterocycles. The molecule has 0 aliphatic rings. The molecule has 0 atom stereocenters. The average molecular weight is 454 g/mol. The number of benzene rings is 2. The van der Waals surface area contributed by atoms with E-state index in [1.54, 1.807) is 7.11 Å². The van der Waals surface area contributed by atoms with Crippen LogP contribution in [0.15, 0.2) is 58.6 Å². The Balaban J connectivity index is 1.45. The first kappa shape index (κ1) is 20.2. The van der Waals surface area contributed by atoms with Gasteiger partial charge in [-0.3, -0.25) is 0 Å². The van der Waals surface area contributed by atoms with E-state index in [-0.39, 0.29) is 17.1 Å². The van der Waals surface area contributed by atoms with Gasteiger partial charge in [-0.2, -0.15) is 5.26 Å². The molecule has 0 aliphatic carbocycles. The minimum Gasteiger partial charge on any atom is -0.510 e. The van der Waals surface area contributed by atoms with E-state index in [0.29, 0.717) is 14.5 Å². The summed E-state index contributed by atoms with van der Waals surface area (Å²) in [6, 6.07) is 17.2. The highest BCUT2D eigenvalue weighted by molar-refractivity contribution is 8.01. The zero-order chi connectivity index (χ0) is 20.9. The molecule has 2 aromatic carbocycles. The Morgan fingerprint density at radius 2 is 2.07 bits per heavy atom. The van der Waals surface area contributed by atoms with Crippen molar-refractivity contribution in [1.29, 1.82) is 5.26 Å². The van der Waals surface area contributed by atoms with E-state index in [2.05, 4.69) is 26.6 Å². The lowest BCUT2D eigenvalue weighted by molar-refractivity contribution is 0.415. The number of nitriles is 1. The molecule has 2 aromatic heterocycles. The highest BCUT2D eigenvalue weighted by Gasteiger charge is 2.15. The minimum absolute atomic E-state index is 0.0286. The van der Waals surface area contributed by atoms with Crippen molar-refractivity contribution >= 4 is 61.0 Å². The van der Waals surface area contributed by atoms with Crippen molar-refractivity contribution in [3.05, 3.63) is 59.3 Å². The molecule has 10 heteroatoms. The second-order valence-corrected chi connectivity index (χ2v) is 9.17. The first-order chi connectivity index (χ1) is 14.7. The summed E-state index contributed by atoms with van der Waals surface area (Å²) in [4.78, 5) is 4.45. The summed E-state index contributed by atoms with van der Waals surface area (Å²) in [6.07, 6.45) is 0. The number of nitrogens with zero attached hydrogens (tertiary/aromatic N) is 4.